The summed E-state index contributed by atoms with van der Waals surface area (Å²) in [7, 11) is 1.64. The zero-order chi connectivity index (χ0) is 28.6. The summed E-state index contributed by atoms with van der Waals surface area (Å²) in [6, 6.07) is 27.1. The van der Waals surface area contributed by atoms with E-state index in [1.54, 1.807) is 13.2 Å². The number of methoxy groups -OCH3 is 1. The van der Waals surface area contributed by atoms with Crippen LogP contribution < -0.4 is 20.1 Å². The van der Waals surface area contributed by atoms with Crippen LogP contribution in [0.3, 0.4) is 0 Å². The van der Waals surface area contributed by atoms with E-state index >= 15 is 0 Å². The number of likely N-dealkylation sites (tertiary alicyclic amines) is 1. The van der Waals surface area contributed by atoms with Gasteiger partial charge in [-0.1, -0.05) is 30.3 Å². The Labute approximate surface area is 243 Å². The fraction of sp³-hybridized carbons (Fsp3) is 0.188. The Hall–Kier alpha value is -4.50. The molecule has 4 aromatic carbocycles. The zero-order valence-electron chi connectivity index (χ0n) is 22.7. The Kier molecular flexibility index (Phi) is 9.05. The molecule has 0 aromatic heterocycles. The number of amides is 2. The highest BCUT2D eigenvalue weighted by atomic mass is 32.2. The number of halogens is 1. The lowest BCUT2D eigenvalue weighted by Crippen LogP contribution is -2.41. The second-order valence-corrected chi connectivity index (χ2v) is 10.4. The third kappa shape index (κ3) is 7.18. The van der Waals surface area contributed by atoms with Gasteiger partial charge in [0.2, 0.25) is 0 Å². The highest BCUT2D eigenvalue weighted by Gasteiger charge is 2.21. The Bertz CT molecular complexity index is 1540. The molecule has 1 fully saturated rings. The van der Waals surface area contributed by atoms with Crippen LogP contribution in [0, 0.1) is 5.82 Å². The molecule has 3 N–H and O–H groups in total. The van der Waals surface area contributed by atoms with Crippen LogP contribution in [0.15, 0.2) is 95.9 Å². The van der Waals surface area contributed by atoms with Crippen LogP contribution in [-0.4, -0.2) is 50.0 Å². The molecule has 0 radical (unpaired) electrons. The molecule has 9 heteroatoms. The van der Waals surface area contributed by atoms with Crippen LogP contribution in [0.1, 0.15) is 27.1 Å². The first-order chi connectivity index (χ1) is 20.0. The van der Waals surface area contributed by atoms with Crippen LogP contribution in [0.4, 0.5) is 15.8 Å². The Morgan fingerprint density at radius 2 is 1.61 bits per heavy atom. The molecule has 1 aliphatic rings. The van der Waals surface area contributed by atoms with Crippen LogP contribution in [0.25, 0.3) is 11.1 Å². The summed E-state index contributed by atoms with van der Waals surface area (Å²) in [5.41, 5.74) is 4.72. The van der Waals surface area contributed by atoms with E-state index in [0.717, 1.165) is 52.7 Å². The van der Waals surface area contributed by atoms with E-state index in [4.69, 9.17) is 4.74 Å². The summed E-state index contributed by atoms with van der Waals surface area (Å²) < 4.78 is 22.3. The van der Waals surface area contributed by atoms with Gasteiger partial charge in [0.05, 0.1) is 12.0 Å². The van der Waals surface area contributed by atoms with Crippen LogP contribution in [0.2, 0.25) is 0 Å². The number of anilines is 2. The maximum atomic E-state index is 13.3. The SMILES string of the molecule is COc1ccc(-c2cccc(C(=O)N3CCC3)c2)cc1SNc1cccc(NCCNC(=O)c2cccc(F)c2)c1. The van der Waals surface area contributed by atoms with Gasteiger partial charge in [0.25, 0.3) is 11.8 Å². The van der Waals surface area contributed by atoms with Gasteiger partial charge in [-0.15, -0.1) is 0 Å². The normalized spacial score (nSPS) is 12.3. The average molecular weight is 571 g/mol. The Morgan fingerprint density at radius 3 is 2.39 bits per heavy atom. The van der Waals surface area contributed by atoms with Crippen molar-refractivity contribution >= 4 is 35.1 Å². The Balaban J connectivity index is 1.19. The summed E-state index contributed by atoms with van der Waals surface area (Å²) in [6.07, 6.45) is 1.06. The van der Waals surface area contributed by atoms with Gasteiger partial charge in [0, 0.05) is 48.7 Å². The van der Waals surface area contributed by atoms with Crippen molar-refractivity contribution < 1.29 is 18.7 Å². The summed E-state index contributed by atoms with van der Waals surface area (Å²) in [5.74, 6) is 0.0575. The van der Waals surface area contributed by atoms with Crippen molar-refractivity contribution in [3.05, 3.63) is 108 Å². The minimum absolute atomic E-state index is 0.0744. The smallest absolute Gasteiger partial charge is 0.253 e. The van der Waals surface area contributed by atoms with E-state index in [9.17, 15) is 14.0 Å². The van der Waals surface area contributed by atoms with Crippen molar-refractivity contribution in [2.24, 2.45) is 0 Å². The van der Waals surface area contributed by atoms with Crippen molar-refractivity contribution in [3.8, 4) is 16.9 Å². The van der Waals surface area contributed by atoms with E-state index in [-0.39, 0.29) is 11.8 Å². The molecule has 5 rings (SSSR count). The molecule has 210 valence electrons. The summed E-state index contributed by atoms with van der Waals surface area (Å²) in [5, 5.41) is 6.08. The van der Waals surface area contributed by atoms with Gasteiger partial charge in [0.15, 0.2) is 0 Å². The number of ether oxygens (including phenoxy) is 1. The van der Waals surface area contributed by atoms with Crippen LogP contribution >= 0.6 is 11.9 Å². The lowest BCUT2D eigenvalue weighted by molar-refractivity contribution is 0.0651. The molecule has 0 aliphatic carbocycles. The molecule has 1 aliphatic heterocycles. The zero-order valence-corrected chi connectivity index (χ0v) is 23.5. The van der Waals surface area contributed by atoms with Gasteiger partial charge in [-0.3, -0.25) is 9.59 Å². The number of carbonyl (C=O) groups excluding carboxylic acids is 2. The number of hydrogen-bond donors (Lipinski definition) is 3. The molecule has 0 unspecified atom stereocenters. The molecule has 4 aromatic rings. The van der Waals surface area contributed by atoms with Gasteiger partial charge in [-0.25, -0.2) is 4.39 Å². The van der Waals surface area contributed by atoms with Gasteiger partial charge in [-0.05, 0) is 90.2 Å². The maximum Gasteiger partial charge on any atom is 0.253 e. The quantitative estimate of drug-likeness (QED) is 0.145. The van der Waals surface area contributed by atoms with Crippen molar-refractivity contribution in [2.45, 2.75) is 11.3 Å². The molecule has 1 saturated heterocycles. The van der Waals surface area contributed by atoms with Crippen molar-refractivity contribution in [1.29, 1.82) is 0 Å². The van der Waals surface area contributed by atoms with Crippen molar-refractivity contribution in [1.82, 2.24) is 10.2 Å². The third-order valence-corrected chi connectivity index (χ3v) is 7.59. The molecular weight excluding hydrogens is 539 g/mol. The van der Waals surface area contributed by atoms with E-state index in [2.05, 4.69) is 15.4 Å². The van der Waals surface area contributed by atoms with Crippen molar-refractivity contribution in [3.63, 3.8) is 0 Å². The molecular formula is C32H31FN4O3S. The molecule has 41 heavy (non-hydrogen) atoms. The number of nitrogens with zero attached hydrogens (tertiary/aromatic N) is 1. The first-order valence-corrected chi connectivity index (χ1v) is 14.2. The molecule has 0 bridgehead atoms. The monoisotopic (exact) mass is 570 g/mol. The predicted octanol–water partition coefficient (Wildman–Crippen LogP) is 6.31. The topological polar surface area (TPSA) is 82.7 Å². The number of carbonyl (C=O) groups is 2. The van der Waals surface area contributed by atoms with E-state index in [1.165, 1.54) is 30.1 Å². The minimum Gasteiger partial charge on any atom is -0.496 e. The lowest BCUT2D eigenvalue weighted by atomic mass is 10.0. The van der Waals surface area contributed by atoms with Gasteiger partial charge in [0.1, 0.15) is 11.6 Å². The Morgan fingerprint density at radius 1 is 0.854 bits per heavy atom. The summed E-state index contributed by atoms with van der Waals surface area (Å²) >= 11 is 1.44. The van der Waals surface area contributed by atoms with Crippen LogP contribution in [0.5, 0.6) is 5.75 Å². The van der Waals surface area contributed by atoms with E-state index < -0.39 is 5.82 Å². The highest BCUT2D eigenvalue weighted by molar-refractivity contribution is 8.00. The summed E-state index contributed by atoms with van der Waals surface area (Å²) in [6.45, 7) is 2.53. The first kappa shape index (κ1) is 28.0. The molecule has 7 nitrogen and oxygen atoms in total. The van der Waals surface area contributed by atoms with Crippen LogP contribution in [-0.2, 0) is 0 Å². The maximum absolute atomic E-state index is 13.3. The van der Waals surface area contributed by atoms with Gasteiger partial charge < -0.3 is 25.0 Å². The summed E-state index contributed by atoms with van der Waals surface area (Å²) in [4.78, 5) is 27.7. The number of rotatable bonds is 11. The molecule has 0 atom stereocenters. The second-order valence-electron chi connectivity index (χ2n) is 9.57. The standard InChI is InChI=1S/C32H31FN4O3S/c1-40-29-13-12-23(22-6-2-8-25(18-22)32(39)37-16-5-17-37)20-30(29)41-36-28-11-4-10-27(21-28)34-14-15-35-31(38)24-7-3-9-26(33)19-24/h2-4,6-13,18-21,34,36H,5,14-17H2,1H3,(H,35,38). The molecule has 0 saturated carbocycles. The minimum atomic E-state index is -0.439. The number of hydrogen-bond acceptors (Lipinski definition) is 6. The van der Waals surface area contributed by atoms with E-state index in [1.807, 2.05) is 71.6 Å². The molecule has 2 amide bonds. The van der Waals surface area contributed by atoms with Crippen molar-refractivity contribution in [2.75, 3.05) is 43.3 Å². The fourth-order valence-corrected chi connectivity index (χ4v) is 5.18. The van der Waals surface area contributed by atoms with Gasteiger partial charge >= 0.3 is 0 Å². The largest absolute Gasteiger partial charge is 0.496 e. The van der Waals surface area contributed by atoms with Gasteiger partial charge in [-0.2, -0.15) is 0 Å². The lowest BCUT2D eigenvalue weighted by Gasteiger charge is -2.31. The number of nitrogens with one attached hydrogen (secondary N) is 3. The highest BCUT2D eigenvalue weighted by Crippen LogP contribution is 2.35. The average Bonchev–Trinajstić information content (AvgIpc) is 2.97. The molecule has 0 spiro atoms. The second kappa shape index (κ2) is 13.2. The predicted molar refractivity (Wildman–Crippen MR) is 162 cm³/mol. The molecule has 1 heterocycles. The van der Waals surface area contributed by atoms with E-state index in [0.29, 0.717) is 24.2 Å². The third-order valence-electron chi connectivity index (χ3n) is 6.72. The number of benzene rings is 4. The first-order valence-electron chi connectivity index (χ1n) is 13.4. The fourth-order valence-electron chi connectivity index (χ4n) is 4.39.